The molecule has 3 nitrogen and oxygen atoms in total. The molecular weight excluding hydrogens is 176 g/mol. The molecule has 0 aliphatic carbocycles. The summed E-state index contributed by atoms with van der Waals surface area (Å²) in [5.74, 6) is 0.251. The zero-order valence-electron chi connectivity index (χ0n) is 8.79. The Labute approximate surface area is 84.3 Å². The minimum atomic E-state index is 0.251. The fraction of sp³-hybridized carbons (Fsp3) is 0.545. The average molecular weight is 192 g/mol. The monoisotopic (exact) mass is 192 g/mol. The number of hydrogen-bond donors (Lipinski definition) is 0. The lowest BCUT2D eigenvalue weighted by Crippen LogP contribution is -2.31. The summed E-state index contributed by atoms with van der Waals surface area (Å²) < 4.78 is 2.16. The van der Waals surface area contributed by atoms with Crippen LogP contribution in [-0.2, 0) is 13.1 Å². The summed E-state index contributed by atoms with van der Waals surface area (Å²) in [5, 5.41) is 0. The molecule has 1 aliphatic rings. The molecule has 3 heteroatoms. The van der Waals surface area contributed by atoms with E-state index in [1.165, 1.54) is 5.69 Å². The lowest BCUT2D eigenvalue weighted by molar-refractivity contribution is 0.0976. The molecule has 1 aromatic heterocycles. The molecule has 1 aromatic rings. The van der Waals surface area contributed by atoms with E-state index in [0.717, 1.165) is 25.3 Å². The van der Waals surface area contributed by atoms with Gasteiger partial charge in [-0.15, -0.1) is 0 Å². The predicted octanol–water partition coefficient (Wildman–Crippen LogP) is 1.53. The van der Waals surface area contributed by atoms with Gasteiger partial charge in [0.05, 0.1) is 5.69 Å². The quantitative estimate of drug-likeness (QED) is 0.664. The number of fused-ring (bicyclic) bond motifs is 1. The van der Waals surface area contributed by atoms with Gasteiger partial charge in [-0.3, -0.25) is 9.69 Å². The molecule has 2 heterocycles. The summed E-state index contributed by atoms with van der Waals surface area (Å²) in [5.41, 5.74) is 2.14. The maximum atomic E-state index is 11.6. The molecule has 0 atom stereocenters. The molecule has 0 aromatic carbocycles. The van der Waals surface area contributed by atoms with E-state index in [2.05, 4.69) is 22.6 Å². The van der Waals surface area contributed by atoms with E-state index < -0.39 is 0 Å². The highest BCUT2D eigenvalue weighted by molar-refractivity contribution is 5.94. The van der Waals surface area contributed by atoms with Crippen LogP contribution in [0.1, 0.15) is 29.5 Å². The van der Waals surface area contributed by atoms with Crippen molar-refractivity contribution in [2.45, 2.75) is 26.4 Å². The highest BCUT2D eigenvalue weighted by Crippen LogP contribution is 2.16. The van der Waals surface area contributed by atoms with Gasteiger partial charge in [0.2, 0.25) is 0 Å². The van der Waals surface area contributed by atoms with E-state index in [1.807, 2.05) is 13.0 Å². The number of carbonyl (C=O) groups is 1. The molecule has 1 aliphatic heterocycles. The summed E-state index contributed by atoms with van der Waals surface area (Å²) in [7, 11) is 2.11. The van der Waals surface area contributed by atoms with Crippen LogP contribution in [0.15, 0.2) is 12.1 Å². The van der Waals surface area contributed by atoms with Gasteiger partial charge in [0.15, 0.2) is 5.78 Å². The third-order valence-electron chi connectivity index (χ3n) is 2.82. The van der Waals surface area contributed by atoms with Crippen molar-refractivity contribution in [3.8, 4) is 0 Å². The predicted molar refractivity (Wildman–Crippen MR) is 55.4 cm³/mol. The number of nitrogens with zero attached hydrogens (tertiary/aromatic N) is 2. The lowest BCUT2D eigenvalue weighted by atomic mass is 10.2. The second kappa shape index (κ2) is 3.58. The first-order valence-electron chi connectivity index (χ1n) is 5.12. The topological polar surface area (TPSA) is 25.2 Å². The van der Waals surface area contributed by atoms with Crippen LogP contribution in [0.5, 0.6) is 0 Å². The van der Waals surface area contributed by atoms with Gasteiger partial charge in [0, 0.05) is 31.7 Å². The van der Waals surface area contributed by atoms with E-state index in [4.69, 9.17) is 0 Å². The Hall–Kier alpha value is -1.09. The third kappa shape index (κ3) is 1.48. The fourth-order valence-corrected chi connectivity index (χ4v) is 1.96. The van der Waals surface area contributed by atoms with Gasteiger partial charge in [-0.2, -0.15) is 0 Å². The van der Waals surface area contributed by atoms with Gasteiger partial charge < -0.3 is 4.57 Å². The van der Waals surface area contributed by atoms with E-state index in [1.54, 1.807) is 0 Å². The molecule has 0 N–H and O–H groups in total. The van der Waals surface area contributed by atoms with Crippen LogP contribution in [0.4, 0.5) is 0 Å². The van der Waals surface area contributed by atoms with Crippen molar-refractivity contribution >= 4 is 5.78 Å². The molecule has 2 rings (SSSR count). The number of Topliss-reactive ketones (excluding diaryl/α,β-unsaturated/α-hetero) is 1. The van der Waals surface area contributed by atoms with Crippen molar-refractivity contribution in [2.75, 3.05) is 13.6 Å². The summed E-state index contributed by atoms with van der Waals surface area (Å²) in [6.45, 7) is 4.85. The van der Waals surface area contributed by atoms with Gasteiger partial charge in [0.25, 0.3) is 0 Å². The van der Waals surface area contributed by atoms with Crippen LogP contribution in [0.25, 0.3) is 0 Å². The fourth-order valence-electron chi connectivity index (χ4n) is 1.96. The highest BCUT2D eigenvalue weighted by Gasteiger charge is 2.18. The Morgan fingerprint density at radius 2 is 2.21 bits per heavy atom. The molecule has 76 valence electrons. The van der Waals surface area contributed by atoms with E-state index in [9.17, 15) is 4.79 Å². The highest BCUT2D eigenvalue weighted by atomic mass is 16.1. The third-order valence-corrected chi connectivity index (χ3v) is 2.82. The number of rotatable bonds is 2. The Morgan fingerprint density at radius 3 is 2.93 bits per heavy atom. The Morgan fingerprint density at radius 1 is 1.43 bits per heavy atom. The van der Waals surface area contributed by atoms with Crippen LogP contribution in [0.3, 0.4) is 0 Å². The van der Waals surface area contributed by atoms with Crippen molar-refractivity contribution in [2.24, 2.45) is 0 Å². The number of carbonyl (C=O) groups excluding carboxylic acids is 1. The molecule has 14 heavy (non-hydrogen) atoms. The van der Waals surface area contributed by atoms with Crippen molar-refractivity contribution in [1.82, 2.24) is 9.47 Å². The SMILES string of the molecule is CCC(=O)c1ccc2n1CCN(C)C2. The Kier molecular flexibility index (Phi) is 2.42. The standard InChI is InChI=1S/C11H16N2O/c1-3-11(14)10-5-4-9-8-12(2)6-7-13(9)10/h4-5H,3,6-8H2,1-2H3. The molecule has 0 radical (unpaired) electrons. The first-order valence-corrected chi connectivity index (χ1v) is 5.12. The number of aromatic nitrogens is 1. The lowest BCUT2D eigenvalue weighted by Gasteiger charge is -2.25. The van der Waals surface area contributed by atoms with E-state index >= 15 is 0 Å². The summed E-state index contributed by atoms with van der Waals surface area (Å²) in [6.07, 6.45) is 0.597. The van der Waals surface area contributed by atoms with Crippen LogP contribution in [0.2, 0.25) is 0 Å². The molecule has 0 amide bonds. The smallest absolute Gasteiger partial charge is 0.178 e. The second-order valence-electron chi connectivity index (χ2n) is 3.88. The molecule has 0 unspecified atom stereocenters. The van der Waals surface area contributed by atoms with Crippen LogP contribution < -0.4 is 0 Å². The Bertz CT molecular complexity index is 354. The summed E-state index contributed by atoms with van der Waals surface area (Å²) in [6, 6.07) is 4.03. The summed E-state index contributed by atoms with van der Waals surface area (Å²) >= 11 is 0. The molecule has 0 saturated heterocycles. The van der Waals surface area contributed by atoms with Gasteiger partial charge in [-0.1, -0.05) is 6.92 Å². The zero-order valence-corrected chi connectivity index (χ0v) is 8.79. The minimum Gasteiger partial charge on any atom is -0.340 e. The molecule has 0 spiro atoms. The van der Waals surface area contributed by atoms with E-state index in [0.29, 0.717) is 6.42 Å². The first-order chi connectivity index (χ1) is 6.72. The van der Waals surface area contributed by atoms with Crippen molar-refractivity contribution in [1.29, 1.82) is 0 Å². The van der Waals surface area contributed by atoms with Crippen LogP contribution in [0, 0.1) is 0 Å². The van der Waals surface area contributed by atoms with Gasteiger partial charge in [-0.05, 0) is 19.2 Å². The second-order valence-corrected chi connectivity index (χ2v) is 3.88. The summed E-state index contributed by atoms with van der Waals surface area (Å²) in [4.78, 5) is 13.9. The zero-order chi connectivity index (χ0) is 10.1. The van der Waals surface area contributed by atoms with Crippen LogP contribution >= 0.6 is 0 Å². The Balaban J connectivity index is 2.33. The van der Waals surface area contributed by atoms with Crippen molar-refractivity contribution in [3.63, 3.8) is 0 Å². The van der Waals surface area contributed by atoms with Crippen molar-refractivity contribution < 1.29 is 4.79 Å². The molecule has 0 bridgehead atoms. The normalized spacial score (nSPS) is 16.7. The van der Waals surface area contributed by atoms with Crippen molar-refractivity contribution in [3.05, 3.63) is 23.5 Å². The minimum absolute atomic E-state index is 0.251. The number of likely N-dealkylation sites (N-methyl/N-ethyl adjacent to an activating group) is 1. The van der Waals surface area contributed by atoms with Gasteiger partial charge in [0.1, 0.15) is 0 Å². The number of hydrogen-bond acceptors (Lipinski definition) is 2. The largest absolute Gasteiger partial charge is 0.340 e. The van der Waals surface area contributed by atoms with E-state index in [-0.39, 0.29) is 5.78 Å². The van der Waals surface area contributed by atoms with Gasteiger partial charge in [-0.25, -0.2) is 0 Å². The molecule has 0 saturated carbocycles. The van der Waals surface area contributed by atoms with Gasteiger partial charge >= 0.3 is 0 Å². The maximum absolute atomic E-state index is 11.6. The molecular formula is C11H16N2O. The average Bonchev–Trinajstić information content (AvgIpc) is 2.59. The molecule has 0 fully saturated rings. The number of ketones is 1. The first kappa shape index (κ1) is 9.46. The maximum Gasteiger partial charge on any atom is 0.178 e. The van der Waals surface area contributed by atoms with Crippen LogP contribution in [-0.4, -0.2) is 28.8 Å².